The van der Waals surface area contributed by atoms with E-state index in [-0.39, 0.29) is 6.61 Å². The van der Waals surface area contributed by atoms with Crippen molar-refractivity contribution in [2.24, 2.45) is 0 Å². The zero-order chi connectivity index (χ0) is 19.5. The van der Waals surface area contributed by atoms with Crippen molar-refractivity contribution in [2.45, 2.75) is 25.6 Å². The average molecular weight is 387 g/mol. The van der Waals surface area contributed by atoms with E-state index >= 15 is 0 Å². The first-order valence-corrected chi connectivity index (χ1v) is 7.89. The minimum Gasteiger partial charge on any atom is -0.467 e. The van der Waals surface area contributed by atoms with Gasteiger partial charge in [-0.1, -0.05) is 30.3 Å². The van der Waals surface area contributed by atoms with Crippen molar-refractivity contribution in [3.63, 3.8) is 0 Å². The number of alkyl carbamates (subject to hydrolysis) is 1. The number of rotatable bonds is 8. The second kappa shape index (κ2) is 10.9. The van der Waals surface area contributed by atoms with Crippen molar-refractivity contribution in [1.29, 1.82) is 0 Å². The van der Waals surface area contributed by atoms with Crippen LogP contribution in [-0.2, 0) is 30.4 Å². The molecular formula is C16H19ClN2O7. The minimum atomic E-state index is -1.26. The molecular weight excluding hydrogens is 368 g/mol. The maximum absolute atomic E-state index is 12.1. The summed E-state index contributed by atoms with van der Waals surface area (Å²) in [5.74, 6) is -1.54. The number of methoxy groups -OCH3 is 1. The minimum absolute atomic E-state index is 0.0392. The fourth-order valence-electron chi connectivity index (χ4n) is 1.76. The summed E-state index contributed by atoms with van der Waals surface area (Å²) in [6.45, 7) is 0.921. The molecule has 0 bridgehead atoms. The SMILES string of the molecule is COC(=O)[C@H](COC(=O)Cl)NC(=O)[C@H](C)NC(=O)OCc1ccccc1. The summed E-state index contributed by atoms with van der Waals surface area (Å²) in [4.78, 5) is 46.0. The lowest BCUT2D eigenvalue weighted by molar-refractivity contribution is -0.146. The fraction of sp³-hybridized carbons (Fsp3) is 0.375. The van der Waals surface area contributed by atoms with Crippen LogP contribution in [0.1, 0.15) is 12.5 Å². The fourth-order valence-corrected chi connectivity index (χ4v) is 1.83. The van der Waals surface area contributed by atoms with Gasteiger partial charge in [-0.2, -0.15) is 0 Å². The molecule has 2 amide bonds. The topological polar surface area (TPSA) is 120 Å². The third-order valence-electron chi connectivity index (χ3n) is 3.11. The smallest absolute Gasteiger partial charge is 0.408 e. The Morgan fingerprint density at radius 1 is 1.08 bits per heavy atom. The van der Waals surface area contributed by atoms with Crippen LogP contribution in [0.15, 0.2) is 30.3 Å². The first kappa shape index (κ1) is 21.2. The van der Waals surface area contributed by atoms with Gasteiger partial charge in [0.15, 0.2) is 6.04 Å². The van der Waals surface area contributed by atoms with Crippen molar-refractivity contribution >= 4 is 35.0 Å². The molecule has 26 heavy (non-hydrogen) atoms. The molecule has 2 N–H and O–H groups in total. The normalized spacial score (nSPS) is 12.3. The molecule has 0 aliphatic rings. The lowest BCUT2D eigenvalue weighted by Gasteiger charge is -2.19. The van der Waals surface area contributed by atoms with E-state index in [1.165, 1.54) is 6.92 Å². The first-order valence-electron chi connectivity index (χ1n) is 7.51. The van der Waals surface area contributed by atoms with Gasteiger partial charge in [-0.15, -0.1) is 0 Å². The van der Waals surface area contributed by atoms with Crippen molar-refractivity contribution in [3.05, 3.63) is 35.9 Å². The lowest BCUT2D eigenvalue weighted by Crippen LogP contribution is -2.52. The Balaban J connectivity index is 2.49. The van der Waals surface area contributed by atoms with Crippen molar-refractivity contribution in [3.8, 4) is 0 Å². The number of halogens is 1. The molecule has 10 heteroatoms. The summed E-state index contributed by atoms with van der Waals surface area (Å²) in [6, 6.07) is 6.71. The largest absolute Gasteiger partial charge is 0.467 e. The molecule has 0 saturated carbocycles. The van der Waals surface area contributed by atoms with Crippen molar-refractivity contribution in [2.75, 3.05) is 13.7 Å². The molecule has 1 aromatic rings. The molecule has 0 aliphatic carbocycles. The Morgan fingerprint density at radius 2 is 1.73 bits per heavy atom. The van der Waals surface area contributed by atoms with Gasteiger partial charge in [0.25, 0.3) is 0 Å². The maximum atomic E-state index is 12.1. The number of hydrogen-bond acceptors (Lipinski definition) is 7. The molecule has 0 saturated heterocycles. The predicted molar refractivity (Wildman–Crippen MR) is 90.4 cm³/mol. The molecule has 0 heterocycles. The third kappa shape index (κ3) is 7.84. The van der Waals surface area contributed by atoms with Gasteiger partial charge in [0.2, 0.25) is 5.91 Å². The highest BCUT2D eigenvalue weighted by atomic mass is 35.5. The molecule has 1 rings (SSSR count). The number of ether oxygens (including phenoxy) is 3. The summed E-state index contributed by atoms with van der Waals surface area (Å²) in [7, 11) is 1.10. The van der Waals surface area contributed by atoms with Gasteiger partial charge < -0.3 is 24.8 Å². The van der Waals surface area contributed by atoms with Crippen LogP contribution < -0.4 is 10.6 Å². The lowest BCUT2D eigenvalue weighted by atomic mass is 10.2. The summed E-state index contributed by atoms with van der Waals surface area (Å²) in [5, 5.41) is 4.60. The van der Waals surface area contributed by atoms with Crippen LogP contribution >= 0.6 is 11.6 Å². The van der Waals surface area contributed by atoms with E-state index in [1.54, 1.807) is 24.3 Å². The van der Waals surface area contributed by atoms with Gasteiger partial charge in [-0.3, -0.25) is 4.79 Å². The highest BCUT2D eigenvalue weighted by Crippen LogP contribution is 2.01. The van der Waals surface area contributed by atoms with Crippen molar-refractivity contribution < 1.29 is 33.4 Å². The van der Waals surface area contributed by atoms with Crippen LogP contribution in [0.25, 0.3) is 0 Å². The van der Waals surface area contributed by atoms with E-state index in [9.17, 15) is 19.2 Å². The van der Waals surface area contributed by atoms with Crippen LogP contribution in [0.5, 0.6) is 0 Å². The summed E-state index contributed by atoms with van der Waals surface area (Å²) >= 11 is 5.02. The summed E-state index contributed by atoms with van der Waals surface area (Å²) in [5.41, 5.74) is -0.350. The van der Waals surface area contributed by atoms with Crippen LogP contribution in [0.4, 0.5) is 9.59 Å². The second-order valence-electron chi connectivity index (χ2n) is 5.06. The molecule has 9 nitrogen and oxygen atoms in total. The van der Waals surface area contributed by atoms with E-state index in [4.69, 9.17) is 16.3 Å². The number of benzene rings is 1. The number of amides is 2. The molecule has 0 fully saturated rings. The van der Waals surface area contributed by atoms with Crippen molar-refractivity contribution in [1.82, 2.24) is 10.6 Å². The van der Waals surface area contributed by atoms with E-state index < -0.39 is 42.1 Å². The maximum Gasteiger partial charge on any atom is 0.408 e. The Morgan fingerprint density at radius 3 is 2.31 bits per heavy atom. The zero-order valence-corrected chi connectivity index (χ0v) is 14.9. The molecule has 2 atom stereocenters. The number of carbonyl (C=O) groups excluding carboxylic acids is 4. The number of nitrogens with one attached hydrogen (secondary N) is 2. The second-order valence-corrected chi connectivity index (χ2v) is 5.37. The third-order valence-corrected chi connectivity index (χ3v) is 3.22. The van der Waals surface area contributed by atoms with E-state index in [1.807, 2.05) is 6.07 Å². The van der Waals surface area contributed by atoms with Gasteiger partial charge in [-0.05, 0) is 12.5 Å². The Bertz CT molecular complexity index is 639. The molecule has 0 unspecified atom stereocenters. The van der Waals surface area contributed by atoms with E-state index in [2.05, 4.69) is 20.1 Å². The number of hydrogen-bond donors (Lipinski definition) is 2. The highest BCUT2D eigenvalue weighted by molar-refractivity contribution is 6.61. The van der Waals surface area contributed by atoms with Crippen LogP contribution in [0, 0.1) is 0 Å². The van der Waals surface area contributed by atoms with Gasteiger partial charge in [-0.25, -0.2) is 14.4 Å². The Kier molecular flexibility index (Phi) is 8.93. The van der Waals surface area contributed by atoms with Gasteiger partial charge >= 0.3 is 17.5 Å². The van der Waals surface area contributed by atoms with Gasteiger partial charge in [0, 0.05) is 11.6 Å². The standard InChI is InChI=1S/C16H19ClN2O7/c1-10(18-16(23)26-8-11-6-4-3-5-7-11)13(20)19-12(14(21)24-2)9-25-15(17)22/h3-7,10,12H,8-9H2,1-2H3,(H,18,23)(H,19,20)/t10-,12-/m0/s1. The Labute approximate surface area is 154 Å². The van der Waals surface area contributed by atoms with Crippen LogP contribution in [0.3, 0.4) is 0 Å². The molecule has 0 radical (unpaired) electrons. The molecule has 0 aliphatic heterocycles. The number of carbonyl (C=O) groups is 4. The van der Waals surface area contributed by atoms with E-state index in [0.29, 0.717) is 0 Å². The van der Waals surface area contributed by atoms with Crippen LogP contribution in [-0.4, -0.2) is 49.2 Å². The molecule has 0 spiro atoms. The average Bonchev–Trinajstić information content (AvgIpc) is 2.63. The molecule has 142 valence electrons. The van der Waals surface area contributed by atoms with E-state index in [0.717, 1.165) is 12.7 Å². The van der Waals surface area contributed by atoms with Crippen LogP contribution in [0.2, 0.25) is 0 Å². The summed E-state index contributed by atoms with van der Waals surface area (Å²) in [6.07, 6.45) is -0.807. The monoisotopic (exact) mass is 386 g/mol. The Hall–Kier alpha value is -2.81. The van der Waals surface area contributed by atoms with Gasteiger partial charge in [0.05, 0.1) is 7.11 Å². The molecule has 0 aromatic heterocycles. The predicted octanol–water partition coefficient (Wildman–Crippen LogP) is 1.33. The first-order chi connectivity index (χ1) is 12.3. The number of esters is 1. The highest BCUT2D eigenvalue weighted by Gasteiger charge is 2.26. The molecule has 1 aromatic carbocycles. The summed E-state index contributed by atoms with van der Waals surface area (Å²) < 4.78 is 14.0. The zero-order valence-electron chi connectivity index (χ0n) is 14.2. The van der Waals surface area contributed by atoms with Gasteiger partial charge in [0.1, 0.15) is 19.3 Å². The quantitative estimate of drug-likeness (QED) is 0.393.